The Bertz CT molecular complexity index is 881. The van der Waals surface area contributed by atoms with Gasteiger partial charge in [0.2, 0.25) is 11.8 Å². The highest BCUT2D eigenvalue weighted by Gasteiger charge is 2.41. The summed E-state index contributed by atoms with van der Waals surface area (Å²) in [6.45, 7) is 17.3. The number of carboxylic acids is 1. The van der Waals surface area contributed by atoms with Crippen LogP contribution in [0.2, 0.25) is 0 Å². The van der Waals surface area contributed by atoms with Crippen LogP contribution in [0.3, 0.4) is 0 Å². The molecule has 2 amide bonds. The zero-order valence-corrected chi connectivity index (χ0v) is 22.6. The molecule has 0 bridgehead atoms. The van der Waals surface area contributed by atoms with E-state index >= 15 is 0 Å². The summed E-state index contributed by atoms with van der Waals surface area (Å²) in [5.74, 6) is -1.73. The van der Waals surface area contributed by atoms with Gasteiger partial charge in [-0.25, -0.2) is 4.79 Å². The molecule has 34 heavy (non-hydrogen) atoms. The van der Waals surface area contributed by atoms with Gasteiger partial charge in [-0.05, 0) is 30.2 Å². The molecule has 1 aromatic rings. The normalized spacial score (nSPS) is 15.4. The zero-order chi connectivity index (χ0) is 26.4. The van der Waals surface area contributed by atoms with E-state index in [4.69, 9.17) is 0 Å². The average molecular weight is 473 g/mol. The minimum atomic E-state index is -1.01. The number of carbonyl (C=O) groups excluding carboxylic acids is 2. The van der Waals surface area contributed by atoms with Crippen molar-refractivity contribution in [3.63, 3.8) is 0 Å². The molecule has 0 spiro atoms. The Balaban J connectivity index is 3.29. The highest BCUT2D eigenvalue weighted by molar-refractivity contribution is 5.90. The lowest BCUT2D eigenvalue weighted by atomic mass is 9.71. The maximum atomic E-state index is 13.7. The van der Waals surface area contributed by atoms with Gasteiger partial charge in [0.25, 0.3) is 0 Å². The van der Waals surface area contributed by atoms with Gasteiger partial charge in [0, 0.05) is 24.0 Å². The fraction of sp³-hybridized carbons (Fsp3) is 0.607. The van der Waals surface area contributed by atoms with Gasteiger partial charge < -0.3 is 15.3 Å². The SMILES string of the molecule is CC[C@H](C(=O)N[C@H](C(=O)N(C)[C@H](/C=C(\C)C(=O)O)C(C)C)C(C)(C)C)C(C)(C)c1ccccc1. The van der Waals surface area contributed by atoms with Gasteiger partial charge in [-0.2, -0.15) is 0 Å². The first kappa shape index (κ1) is 29.4. The molecule has 0 fully saturated rings. The van der Waals surface area contributed by atoms with Crippen LogP contribution in [0, 0.1) is 17.3 Å². The Morgan fingerprint density at radius 1 is 1.06 bits per heavy atom. The second-order valence-electron chi connectivity index (χ2n) is 11.2. The molecule has 0 unspecified atom stereocenters. The minimum absolute atomic E-state index is 0.0000239. The number of nitrogens with zero attached hydrogens (tertiary/aromatic N) is 1. The molecule has 0 aromatic heterocycles. The number of hydrogen-bond acceptors (Lipinski definition) is 3. The van der Waals surface area contributed by atoms with E-state index in [1.807, 2.05) is 71.9 Å². The topological polar surface area (TPSA) is 86.7 Å². The fourth-order valence-corrected chi connectivity index (χ4v) is 4.41. The largest absolute Gasteiger partial charge is 0.478 e. The number of carbonyl (C=O) groups is 3. The van der Waals surface area contributed by atoms with Crippen LogP contribution in [-0.2, 0) is 19.8 Å². The molecule has 0 aliphatic rings. The number of carboxylic acid groups (broad SMARTS) is 1. The summed E-state index contributed by atoms with van der Waals surface area (Å²) in [6.07, 6.45) is 2.24. The van der Waals surface area contributed by atoms with Crippen molar-refractivity contribution in [3.05, 3.63) is 47.5 Å². The monoisotopic (exact) mass is 472 g/mol. The number of likely N-dealkylation sites (N-methyl/N-ethyl adjacent to an activating group) is 1. The molecule has 3 atom stereocenters. The molecule has 0 aliphatic carbocycles. The highest BCUT2D eigenvalue weighted by atomic mass is 16.4. The number of amides is 2. The highest BCUT2D eigenvalue weighted by Crippen LogP contribution is 2.34. The van der Waals surface area contributed by atoms with Crippen molar-refractivity contribution in [2.24, 2.45) is 17.3 Å². The van der Waals surface area contributed by atoms with Crippen molar-refractivity contribution >= 4 is 17.8 Å². The quantitative estimate of drug-likeness (QED) is 0.467. The van der Waals surface area contributed by atoms with Gasteiger partial charge in [0.15, 0.2) is 0 Å². The summed E-state index contributed by atoms with van der Waals surface area (Å²) in [7, 11) is 1.68. The van der Waals surface area contributed by atoms with Gasteiger partial charge in [0.1, 0.15) is 6.04 Å². The molecule has 0 radical (unpaired) electrons. The lowest BCUT2D eigenvalue weighted by molar-refractivity contribution is -0.141. The van der Waals surface area contributed by atoms with Crippen molar-refractivity contribution in [2.75, 3.05) is 7.05 Å². The minimum Gasteiger partial charge on any atom is -0.478 e. The summed E-state index contributed by atoms with van der Waals surface area (Å²) in [5.41, 5.74) is 0.301. The van der Waals surface area contributed by atoms with Crippen LogP contribution in [0.1, 0.15) is 74.3 Å². The molecule has 0 saturated heterocycles. The van der Waals surface area contributed by atoms with Crippen LogP contribution in [0.5, 0.6) is 0 Å². The number of nitrogens with one attached hydrogen (secondary N) is 1. The Morgan fingerprint density at radius 2 is 1.59 bits per heavy atom. The number of aliphatic carboxylic acids is 1. The molecule has 6 heteroatoms. The first-order chi connectivity index (χ1) is 15.5. The summed E-state index contributed by atoms with van der Waals surface area (Å²) < 4.78 is 0. The van der Waals surface area contributed by atoms with Crippen molar-refractivity contribution in [2.45, 2.75) is 86.2 Å². The van der Waals surface area contributed by atoms with Gasteiger partial charge in [-0.15, -0.1) is 0 Å². The van der Waals surface area contributed by atoms with Crippen LogP contribution in [0.15, 0.2) is 42.0 Å². The number of benzene rings is 1. The standard InChI is InChI=1S/C28H44N2O4/c1-11-21(28(8,9)20-15-13-12-14-16-20)24(31)29-23(27(5,6)7)25(32)30(10)22(18(2)3)17-19(4)26(33)34/h12-18,21-23H,11H2,1-10H3,(H,29,31)(H,33,34)/b19-17+/t21-,22-,23-/m1/s1. The van der Waals surface area contributed by atoms with E-state index in [9.17, 15) is 19.5 Å². The van der Waals surface area contributed by atoms with Crippen molar-refractivity contribution in [3.8, 4) is 0 Å². The second kappa shape index (κ2) is 11.7. The first-order valence-corrected chi connectivity index (χ1v) is 12.1. The van der Waals surface area contributed by atoms with Gasteiger partial charge >= 0.3 is 5.97 Å². The third-order valence-electron chi connectivity index (χ3n) is 6.75. The van der Waals surface area contributed by atoms with E-state index < -0.39 is 28.9 Å². The average Bonchev–Trinajstić information content (AvgIpc) is 2.74. The predicted octanol–water partition coefficient (Wildman–Crippen LogP) is 5.04. The van der Waals surface area contributed by atoms with Gasteiger partial charge in [-0.1, -0.05) is 91.8 Å². The molecule has 190 valence electrons. The molecule has 0 saturated carbocycles. The summed E-state index contributed by atoms with van der Waals surface area (Å²) in [4.78, 5) is 40.2. The van der Waals surface area contributed by atoms with Crippen molar-refractivity contribution in [1.82, 2.24) is 10.2 Å². The van der Waals surface area contributed by atoms with Crippen LogP contribution in [0.4, 0.5) is 0 Å². The van der Waals surface area contributed by atoms with Crippen molar-refractivity contribution < 1.29 is 19.5 Å². The van der Waals surface area contributed by atoms with Crippen molar-refractivity contribution in [1.29, 1.82) is 0 Å². The summed E-state index contributed by atoms with van der Waals surface area (Å²) in [5, 5.41) is 12.4. The number of hydrogen-bond donors (Lipinski definition) is 2. The fourth-order valence-electron chi connectivity index (χ4n) is 4.41. The van der Waals surface area contributed by atoms with E-state index in [0.717, 1.165) is 5.56 Å². The summed E-state index contributed by atoms with van der Waals surface area (Å²) >= 11 is 0. The maximum Gasteiger partial charge on any atom is 0.331 e. The van der Waals surface area contributed by atoms with Gasteiger partial charge in [0.05, 0.1) is 6.04 Å². The Kier molecular flexibility index (Phi) is 10.1. The van der Waals surface area contributed by atoms with E-state index in [2.05, 4.69) is 19.2 Å². The van der Waals surface area contributed by atoms with E-state index in [1.165, 1.54) is 6.92 Å². The van der Waals surface area contributed by atoms with Crippen LogP contribution in [0.25, 0.3) is 0 Å². The Hall–Kier alpha value is -2.63. The Labute approximate surface area is 205 Å². The van der Waals surface area contributed by atoms with Gasteiger partial charge in [-0.3, -0.25) is 9.59 Å². The Morgan fingerprint density at radius 3 is 2.00 bits per heavy atom. The molecule has 2 N–H and O–H groups in total. The third-order valence-corrected chi connectivity index (χ3v) is 6.75. The molecule has 0 heterocycles. The molecule has 1 rings (SSSR count). The molecule has 6 nitrogen and oxygen atoms in total. The van der Waals surface area contributed by atoms with E-state index in [-0.39, 0.29) is 29.2 Å². The lowest BCUT2D eigenvalue weighted by Crippen LogP contribution is -2.58. The van der Waals surface area contributed by atoms with Crippen LogP contribution in [-0.4, -0.2) is 46.9 Å². The molecule has 1 aromatic carbocycles. The first-order valence-electron chi connectivity index (χ1n) is 12.1. The third kappa shape index (κ3) is 7.18. The molecule has 0 aliphatic heterocycles. The van der Waals surface area contributed by atoms with Crippen LogP contribution >= 0.6 is 0 Å². The second-order valence-corrected chi connectivity index (χ2v) is 11.2. The van der Waals surface area contributed by atoms with E-state index in [0.29, 0.717) is 6.42 Å². The maximum absolute atomic E-state index is 13.7. The molecular formula is C28H44N2O4. The number of rotatable bonds is 10. The zero-order valence-electron chi connectivity index (χ0n) is 22.6. The lowest BCUT2D eigenvalue weighted by Gasteiger charge is -2.39. The van der Waals surface area contributed by atoms with E-state index in [1.54, 1.807) is 18.0 Å². The smallest absolute Gasteiger partial charge is 0.331 e. The predicted molar refractivity (Wildman–Crippen MR) is 137 cm³/mol. The summed E-state index contributed by atoms with van der Waals surface area (Å²) in [6, 6.07) is 8.78. The van der Waals surface area contributed by atoms with Crippen LogP contribution < -0.4 is 5.32 Å². The molecular weight excluding hydrogens is 428 g/mol.